The van der Waals surface area contributed by atoms with Gasteiger partial charge in [0, 0.05) is 31.7 Å². The molecule has 33 heavy (non-hydrogen) atoms. The fraction of sp³-hybridized carbons (Fsp3) is 0.370. The van der Waals surface area contributed by atoms with Gasteiger partial charge < -0.3 is 9.88 Å². The van der Waals surface area contributed by atoms with Crippen molar-refractivity contribution in [2.24, 2.45) is 0 Å². The van der Waals surface area contributed by atoms with E-state index < -0.39 is 0 Å². The van der Waals surface area contributed by atoms with Gasteiger partial charge in [0.1, 0.15) is 11.6 Å². The van der Waals surface area contributed by atoms with Crippen LogP contribution in [0.2, 0.25) is 0 Å². The van der Waals surface area contributed by atoms with Gasteiger partial charge in [-0.25, -0.2) is 15.0 Å². The standard InChI is InChI=1S/C27H32N6/c1-3-4-16-28-25-24-27(30-20(2)29-25)33(26(31-24)22-13-9-6-10-14-22)23-15-17-32(19-23)18-21-11-7-5-8-12-21/h5-14,23H,3-4,15-19H2,1-2H3,(H,28,29,30). The van der Waals surface area contributed by atoms with Crippen molar-refractivity contribution in [3.63, 3.8) is 0 Å². The van der Waals surface area contributed by atoms with Crippen molar-refractivity contribution in [1.82, 2.24) is 24.4 Å². The number of benzene rings is 2. The van der Waals surface area contributed by atoms with E-state index in [0.717, 1.165) is 79.6 Å². The lowest BCUT2D eigenvalue weighted by molar-refractivity contribution is 0.317. The quantitative estimate of drug-likeness (QED) is 0.369. The Kier molecular flexibility index (Phi) is 6.35. The minimum Gasteiger partial charge on any atom is -0.368 e. The average molecular weight is 441 g/mol. The van der Waals surface area contributed by atoms with Crippen LogP contribution >= 0.6 is 0 Å². The highest BCUT2D eigenvalue weighted by Crippen LogP contribution is 2.34. The van der Waals surface area contributed by atoms with Gasteiger partial charge in [0.15, 0.2) is 17.0 Å². The Morgan fingerprint density at radius 1 is 0.970 bits per heavy atom. The fourth-order valence-corrected chi connectivity index (χ4v) is 4.73. The largest absolute Gasteiger partial charge is 0.368 e. The molecule has 6 nitrogen and oxygen atoms in total. The van der Waals surface area contributed by atoms with Crippen molar-refractivity contribution in [3.05, 3.63) is 72.1 Å². The summed E-state index contributed by atoms with van der Waals surface area (Å²) >= 11 is 0. The Labute approximate surface area is 195 Å². The number of imidazole rings is 1. The molecule has 4 aromatic rings. The zero-order valence-corrected chi connectivity index (χ0v) is 19.5. The number of nitrogens with zero attached hydrogens (tertiary/aromatic N) is 5. The van der Waals surface area contributed by atoms with Gasteiger partial charge in [-0.15, -0.1) is 0 Å². The zero-order valence-electron chi connectivity index (χ0n) is 19.5. The summed E-state index contributed by atoms with van der Waals surface area (Å²) in [6.45, 7) is 8.10. The molecule has 0 bridgehead atoms. The maximum atomic E-state index is 5.11. The van der Waals surface area contributed by atoms with E-state index in [9.17, 15) is 0 Å². The molecule has 3 heterocycles. The molecule has 1 atom stereocenters. The van der Waals surface area contributed by atoms with Crippen LogP contribution in [0, 0.1) is 6.92 Å². The molecule has 0 spiro atoms. The molecule has 0 aliphatic carbocycles. The molecule has 1 saturated heterocycles. The summed E-state index contributed by atoms with van der Waals surface area (Å²) in [4.78, 5) is 17.3. The Balaban J connectivity index is 1.53. The summed E-state index contributed by atoms with van der Waals surface area (Å²) in [5.41, 5.74) is 4.29. The van der Waals surface area contributed by atoms with Crippen molar-refractivity contribution >= 4 is 17.0 Å². The molecule has 1 N–H and O–H groups in total. The first-order valence-corrected chi connectivity index (χ1v) is 12.0. The van der Waals surface area contributed by atoms with Crippen LogP contribution in [0.15, 0.2) is 60.7 Å². The van der Waals surface area contributed by atoms with E-state index in [1.807, 2.05) is 6.92 Å². The average Bonchev–Trinajstić information content (AvgIpc) is 3.45. The number of fused-ring (bicyclic) bond motifs is 1. The van der Waals surface area contributed by atoms with Crippen LogP contribution in [0.3, 0.4) is 0 Å². The summed E-state index contributed by atoms with van der Waals surface area (Å²) in [6.07, 6.45) is 3.33. The maximum Gasteiger partial charge on any atom is 0.166 e. The van der Waals surface area contributed by atoms with Gasteiger partial charge in [0.25, 0.3) is 0 Å². The van der Waals surface area contributed by atoms with Crippen LogP contribution in [0.5, 0.6) is 0 Å². The van der Waals surface area contributed by atoms with Gasteiger partial charge in [-0.2, -0.15) is 0 Å². The van der Waals surface area contributed by atoms with Crippen LogP contribution in [0.25, 0.3) is 22.6 Å². The third-order valence-electron chi connectivity index (χ3n) is 6.37. The molecule has 0 saturated carbocycles. The molecule has 1 aliphatic rings. The summed E-state index contributed by atoms with van der Waals surface area (Å²) < 4.78 is 2.37. The van der Waals surface area contributed by atoms with E-state index in [1.54, 1.807) is 0 Å². The third-order valence-corrected chi connectivity index (χ3v) is 6.37. The molecule has 170 valence electrons. The van der Waals surface area contributed by atoms with E-state index in [2.05, 4.69) is 82.4 Å². The zero-order chi connectivity index (χ0) is 22.6. The molecule has 1 unspecified atom stereocenters. The van der Waals surface area contributed by atoms with Gasteiger partial charge in [0.05, 0.1) is 6.04 Å². The number of hydrogen-bond acceptors (Lipinski definition) is 5. The summed E-state index contributed by atoms with van der Waals surface area (Å²) in [5.74, 6) is 2.61. The van der Waals surface area contributed by atoms with Crippen molar-refractivity contribution in [2.75, 3.05) is 25.0 Å². The third kappa shape index (κ3) is 4.62. The van der Waals surface area contributed by atoms with E-state index in [0.29, 0.717) is 6.04 Å². The summed E-state index contributed by atoms with van der Waals surface area (Å²) in [7, 11) is 0. The fourth-order valence-electron chi connectivity index (χ4n) is 4.73. The highest BCUT2D eigenvalue weighted by atomic mass is 15.3. The summed E-state index contributed by atoms with van der Waals surface area (Å²) in [6, 6.07) is 21.5. The number of nitrogens with one attached hydrogen (secondary N) is 1. The molecule has 2 aromatic carbocycles. The topological polar surface area (TPSA) is 58.9 Å². The van der Waals surface area contributed by atoms with Crippen molar-refractivity contribution < 1.29 is 0 Å². The number of aromatic nitrogens is 4. The predicted octanol–water partition coefficient (Wildman–Crippen LogP) is 5.46. The molecule has 6 heteroatoms. The number of aryl methyl sites for hydroxylation is 1. The molecular weight excluding hydrogens is 408 g/mol. The summed E-state index contributed by atoms with van der Waals surface area (Å²) in [5, 5.41) is 3.52. The molecule has 0 radical (unpaired) electrons. The first-order valence-electron chi connectivity index (χ1n) is 12.0. The van der Waals surface area contributed by atoms with E-state index in [-0.39, 0.29) is 0 Å². The Bertz CT molecular complexity index is 1200. The van der Waals surface area contributed by atoms with Gasteiger partial charge in [0.2, 0.25) is 0 Å². The predicted molar refractivity (Wildman–Crippen MR) is 134 cm³/mol. The SMILES string of the molecule is CCCCNc1nc(C)nc2c1nc(-c1ccccc1)n2C1CCN(Cc2ccccc2)C1. The lowest BCUT2D eigenvalue weighted by Crippen LogP contribution is -2.21. The maximum absolute atomic E-state index is 5.11. The monoisotopic (exact) mass is 440 g/mol. The van der Waals surface area contributed by atoms with E-state index >= 15 is 0 Å². The Morgan fingerprint density at radius 3 is 2.48 bits per heavy atom. The Hall–Kier alpha value is -3.25. The normalized spacial score (nSPS) is 16.5. The van der Waals surface area contributed by atoms with E-state index in [1.165, 1.54) is 5.56 Å². The van der Waals surface area contributed by atoms with Gasteiger partial charge >= 0.3 is 0 Å². The van der Waals surface area contributed by atoms with Gasteiger partial charge in [-0.1, -0.05) is 74.0 Å². The second kappa shape index (κ2) is 9.71. The van der Waals surface area contributed by atoms with Gasteiger partial charge in [-0.3, -0.25) is 4.90 Å². The minimum absolute atomic E-state index is 0.326. The van der Waals surface area contributed by atoms with Crippen molar-refractivity contribution in [1.29, 1.82) is 0 Å². The number of anilines is 1. The number of unbranched alkanes of at least 4 members (excludes halogenated alkanes) is 1. The molecule has 0 amide bonds. The molecule has 1 aliphatic heterocycles. The van der Waals surface area contributed by atoms with Crippen LogP contribution in [0.4, 0.5) is 5.82 Å². The van der Waals surface area contributed by atoms with Crippen LogP contribution in [-0.2, 0) is 6.54 Å². The lowest BCUT2D eigenvalue weighted by atomic mass is 10.2. The number of likely N-dealkylation sites (tertiary alicyclic amines) is 1. The van der Waals surface area contributed by atoms with E-state index in [4.69, 9.17) is 15.0 Å². The van der Waals surface area contributed by atoms with Crippen LogP contribution in [0.1, 0.15) is 43.6 Å². The lowest BCUT2D eigenvalue weighted by Gasteiger charge is -2.19. The first-order chi connectivity index (χ1) is 16.2. The number of hydrogen-bond donors (Lipinski definition) is 1. The smallest absolute Gasteiger partial charge is 0.166 e. The van der Waals surface area contributed by atoms with Crippen LogP contribution in [-0.4, -0.2) is 44.1 Å². The van der Waals surface area contributed by atoms with Crippen LogP contribution < -0.4 is 5.32 Å². The van der Waals surface area contributed by atoms with Gasteiger partial charge in [-0.05, 0) is 25.3 Å². The molecular formula is C27H32N6. The molecule has 1 fully saturated rings. The highest BCUT2D eigenvalue weighted by molar-refractivity contribution is 5.87. The highest BCUT2D eigenvalue weighted by Gasteiger charge is 2.29. The molecule has 5 rings (SSSR count). The second-order valence-electron chi connectivity index (χ2n) is 8.91. The second-order valence-corrected chi connectivity index (χ2v) is 8.91. The first kappa shape index (κ1) is 21.6. The Morgan fingerprint density at radius 2 is 1.73 bits per heavy atom. The minimum atomic E-state index is 0.326. The van der Waals surface area contributed by atoms with Crippen molar-refractivity contribution in [2.45, 2.75) is 45.7 Å². The van der Waals surface area contributed by atoms with Crippen molar-refractivity contribution in [3.8, 4) is 11.4 Å². The molecule has 2 aromatic heterocycles. The number of rotatable bonds is 8.